The number of nitrogens with zero attached hydrogens (tertiary/aromatic N) is 3. The molecule has 3 heterocycles. The van der Waals surface area contributed by atoms with E-state index in [1.807, 2.05) is 0 Å². The lowest BCUT2D eigenvalue weighted by Gasteiger charge is -2.14. The van der Waals surface area contributed by atoms with E-state index in [0.717, 1.165) is 33.5 Å². The molecule has 48 heavy (non-hydrogen) atoms. The second-order valence-corrected chi connectivity index (χ2v) is 12.4. The van der Waals surface area contributed by atoms with Crippen molar-refractivity contribution in [1.82, 2.24) is 14.1 Å². The zero-order valence-electron chi connectivity index (χ0n) is 26.1. The first-order chi connectivity index (χ1) is 23.8. The molecule has 0 aliphatic heterocycles. The summed E-state index contributed by atoms with van der Waals surface area (Å²) in [6.45, 7) is 0. The maximum atomic E-state index is 5.25. The minimum Gasteiger partial charge on any atom is -0.309 e. The van der Waals surface area contributed by atoms with Crippen LogP contribution >= 0.6 is 0 Å². The standard InChI is InChI=1S/C45H29N3/c1-2-12-30(13-3-1)38-29-41(31-22-24-32(25-23-31)47-42-18-8-4-14-34(42)35-15-5-9-19-43(35)47)46-40-27-26-33(28-39(38)40)48-44-20-10-6-16-36(44)37-17-7-11-21-45(37)48/h1-29H. The van der Waals surface area contributed by atoms with Crippen LogP contribution in [0, 0.1) is 0 Å². The van der Waals surface area contributed by atoms with Crippen LogP contribution in [0.25, 0.3) is 88.3 Å². The Morgan fingerprint density at radius 1 is 0.333 bits per heavy atom. The van der Waals surface area contributed by atoms with Gasteiger partial charge in [0, 0.05) is 43.9 Å². The van der Waals surface area contributed by atoms with Crippen LogP contribution in [0.1, 0.15) is 0 Å². The van der Waals surface area contributed by atoms with Gasteiger partial charge in [-0.15, -0.1) is 0 Å². The number of fused-ring (bicyclic) bond motifs is 7. The van der Waals surface area contributed by atoms with E-state index in [1.54, 1.807) is 0 Å². The van der Waals surface area contributed by atoms with Gasteiger partial charge >= 0.3 is 0 Å². The van der Waals surface area contributed by atoms with Crippen molar-refractivity contribution in [2.45, 2.75) is 0 Å². The largest absolute Gasteiger partial charge is 0.309 e. The summed E-state index contributed by atoms with van der Waals surface area (Å²) in [5.41, 5.74) is 12.4. The molecule has 0 amide bonds. The second kappa shape index (κ2) is 10.5. The molecule has 224 valence electrons. The molecule has 0 N–H and O–H groups in total. The summed E-state index contributed by atoms with van der Waals surface area (Å²) >= 11 is 0. The Morgan fingerprint density at radius 2 is 0.792 bits per heavy atom. The van der Waals surface area contributed by atoms with Gasteiger partial charge in [0.25, 0.3) is 0 Å². The van der Waals surface area contributed by atoms with Crippen molar-refractivity contribution < 1.29 is 0 Å². The molecule has 0 saturated carbocycles. The predicted octanol–water partition coefficient (Wildman–Crippen LogP) is 11.8. The van der Waals surface area contributed by atoms with Gasteiger partial charge in [0.15, 0.2) is 0 Å². The molecule has 0 saturated heterocycles. The molecule has 3 heteroatoms. The SMILES string of the molecule is c1ccc(-c2cc(-c3ccc(-n4c5ccccc5c5ccccc54)cc3)nc3ccc(-n4c5ccccc5c5ccccc54)cc23)cc1. The summed E-state index contributed by atoms with van der Waals surface area (Å²) < 4.78 is 4.73. The molecular formula is C45H29N3. The molecule has 0 fully saturated rings. The fraction of sp³-hybridized carbons (Fsp3) is 0. The third-order valence-corrected chi connectivity index (χ3v) is 9.72. The summed E-state index contributed by atoms with van der Waals surface area (Å²) in [6.07, 6.45) is 0. The van der Waals surface area contributed by atoms with E-state index in [4.69, 9.17) is 4.98 Å². The minimum absolute atomic E-state index is 0.958. The first-order valence-electron chi connectivity index (χ1n) is 16.4. The van der Waals surface area contributed by atoms with Crippen LogP contribution in [0.15, 0.2) is 176 Å². The third kappa shape index (κ3) is 4.04. The van der Waals surface area contributed by atoms with Gasteiger partial charge in [-0.3, -0.25) is 0 Å². The predicted molar refractivity (Wildman–Crippen MR) is 201 cm³/mol. The number of hydrogen-bond donors (Lipinski definition) is 0. The van der Waals surface area contributed by atoms with Gasteiger partial charge in [0.2, 0.25) is 0 Å². The van der Waals surface area contributed by atoms with Crippen molar-refractivity contribution in [3.8, 4) is 33.8 Å². The van der Waals surface area contributed by atoms with Crippen molar-refractivity contribution in [1.29, 1.82) is 0 Å². The van der Waals surface area contributed by atoms with Crippen molar-refractivity contribution in [3.05, 3.63) is 176 Å². The van der Waals surface area contributed by atoms with Crippen LogP contribution in [0.3, 0.4) is 0 Å². The van der Waals surface area contributed by atoms with E-state index >= 15 is 0 Å². The van der Waals surface area contributed by atoms with Crippen LogP contribution in [-0.2, 0) is 0 Å². The fourth-order valence-corrected chi connectivity index (χ4v) is 7.54. The second-order valence-electron chi connectivity index (χ2n) is 12.4. The summed E-state index contributed by atoms with van der Waals surface area (Å²) in [4.78, 5) is 5.25. The average molecular weight is 612 g/mol. The molecule has 0 radical (unpaired) electrons. The van der Waals surface area contributed by atoms with Crippen molar-refractivity contribution in [2.24, 2.45) is 0 Å². The van der Waals surface area contributed by atoms with Crippen LogP contribution in [0.4, 0.5) is 0 Å². The van der Waals surface area contributed by atoms with E-state index in [9.17, 15) is 0 Å². The van der Waals surface area contributed by atoms with Gasteiger partial charge in [-0.2, -0.15) is 0 Å². The molecule has 0 aliphatic carbocycles. The molecule has 10 rings (SSSR count). The Kier molecular flexibility index (Phi) is 5.87. The van der Waals surface area contributed by atoms with Gasteiger partial charge < -0.3 is 9.13 Å². The molecular weight excluding hydrogens is 583 g/mol. The van der Waals surface area contributed by atoms with E-state index < -0.39 is 0 Å². The van der Waals surface area contributed by atoms with Gasteiger partial charge in [-0.1, -0.05) is 115 Å². The molecule has 0 atom stereocenters. The first-order valence-corrected chi connectivity index (χ1v) is 16.4. The van der Waals surface area contributed by atoms with Crippen molar-refractivity contribution in [2.75, 3.05) is 0 Å². The van der Waals surface area contributed by atoms with Gasteiger partial charge in [-0.25, -0.2) is 4.98 Å². The zero-order valence-corrected chi connectivity index (χ0v) is 26.1. The topological polar surface area (TPSA) is 22.8 Å². The number of rotatable bonds is 4. The van der Waals surface area contributed by atoms with Crippen LogP contribution in [0.2, 0.25) is 0 Å². The highest BCUT2D eigenvalue weighted by molar-refractivity contribution is 6.10. The van der Waals surface area contributed by atoms with Crippen LogP contribution < -0.4 is 0 Å². The van der Waals surface area contributed by atoms with Gasteiger partial charge in [0.05, 0.1) is 33.3 Å². The van der Waals surface area contributed by atoms with Crippen LogP contribution in [-0.4, -0.2) is 14.1 Å². The number of aromatic nitrogens is 3. The van der Waals surface area contributed by atoms with Gasteiger partial charge in [0.1, 0.15) is 0 Å². The lowest BCUT2D eigenvalue weighted by atomic mass is 9.98. The number of hydrogen-bond acceptors (Lipinski definition) is 1. The highest BCUT2D eigenvalue weighted by Gasteiger charge is 2.16. The molecule has 10 aromatic rings. The third-order valence-electron chi connectivity index (χ3n) is 9.72. The lowest BCUT2D eigenvalue weighted by molar-refractivity contribution is 1.18. The molecule has 0 aliphatic rings. The number of benzene rings is 7. The highest BCUT2D eigenvalue weighted by Crippen LogP contribution is 2.37. The molecule has 0 bridgehead atoms. The minimum atomic E-state index is 0.958. The smallest absolute Gasteiger partial charge is 0.0717 e. The van der Waals surface area contributed by atoms with E-state index in [2.05, 4.69) is 185 Å². The summed E-state index contributed by atoms with van der Waals surface area (Å²) in [5, 5.41) is 6.18. The van der Waals surface area contributed by atoms with E-state index in [0.29, 0.717) is 0 Å². The van der Waals surface area contributed by atoms with Gasteiger partial charge in [-0.05, 0) is 71.8 Å². The molecule has 3 aromatic heterocycles. The Balaban J connectivity index is 1.14. The average Bonchev–Trinajstić information content (AvgIpc) is 3.68. The molecule has 0 spiro atoms. The quantitative estimate of drug-likeness (QED) is 0.194. The number of para-hydroxylation sites is 4. The monoisotopic (exact) mass is 611 g/mol. The van der Waals surface area contributed by atoms with E-state index in [-0.39, 0.29) is 0 Å². The Morgan fingerprint density at radius 3 is 1.33 bits per heavy atom. The highest BCUT2D eigenvalue weighted by atomic mass is 15.0. The summed E-state index contributed by atoms with van der Waals surface area (Å²) in [7, 11) is 0. The molecule has 3 nitrogen and oxygen atoms in total. The lowest BCUT2D eigenvalue weighted by Crippen LogP contribution is -1.96. The summed E-state index contributed by atoms with van der Waals surface area (Å²) in [6, 6.07) is 63.1. The molecule has 7 aromatic carbocycles. The Bertz CT molecular complexity index is 2710. The van der Waals surface area contributed by atoms with E-state index in [1.165, 1.54) is 54.7 Å². The Labute approximate surface area is 277 Å². The van der Waals surface area contributed by atoms with Crippen molar-refractivity contribution in [3.63, 3.8) is 0 Å². The normalized spacial score (nSPS) is 11.8. The maximum absolute atomic E-state index is 5.25. The maximum Gasteiger partial charge on any atom is 0.0717 e. The van der Waals surface area contributed by atoms with Crippen molar-refractivity contribution >= 4 is 54.5 Å². The van der Waals surface area contributed by atoms with Crippen LogP contribution in [0.5, 0.6) is 0 Å². The first kappa shape index (κ1) is 26.7. The Hall–Kier alpha value is -6.45. The fourth-order valence-electron chi connectivity index (χ4n) is 7.54. The molecule has 0 unspecified atom stereocenters. The summed E-state index contributed by atoms with van der Waals surface area (Å²) in [5.74, 6) is 0. The zero-order chi connectivity index (χ0) is 31.6. The number of pyridine rings is 1.